The predicted molar refractivity (Wildman–Crippen MR) is 108 cm³/mol. The summed E-state index contributed by atoms with van der Waals surface area (Å²) in [5, 5.41) is 16.4. The first-order valence-corrected chi connectivity index (χ1v) is 9.66. The van der Waals surface area contributed by atoms with Gasteiger partial charge in [0, 0.05) is 28.6 Å². The van der Waals surface area contributed by atoms with Crippen molar-refractivity contribution in [1.29, 1.82) is 0 Å². The van der Waals surface area contributed by atoms with Gasteiger partial charge in [0.25, 0.3) is 5.69 Å². The molecule has 0 fully saturated rings. The van der Waals surface area contributed by atoms with Crippen molar-refractivity contribution in [3.8, 4) is 33.4 Å². The van der Waals surface area contributed by atoms with Crippen LogP contribution in [-0.2, 0) is 6.18 Å². The van der Waals surface area contributed by atoms with E-state index in [1.807, 2.05) is 0 Å². The van der Waals surface area contributed by atoms with Crippen LogP contribution in [0, 0.1) is 10.1 Å². The molecule has 0 saturated carbocycles. The highest BCUT2D eigenvalue weighted by Crippen LogP contribution is 2.35. The van der Waals surface area contributed by atoms with Gasteiger partial charge in [0.05, 0.1) is 23.4 Å². The van der Waals surface area contributed by atoms with Crippen LogP contribution in [-0.4, -0.2) is 26.8 Å². The highest BCUT2D eigenvalue weighted by molar-refractivity contribution is 7.12. The summed E-state index contributed by atoms with van der Waals surface area (Å²) in [5.41, 5.74) is 0.700. The van der Waals surface area contributed by atoms with Gasteiger partial charge in [-0.3, -0.25) is 10.1 Å². The zero-order valence-corrected chi connectivity index (χ0v) is 16.6. The maximum atomic E-state index is 13.3. The Morgan fingerprint density at radius 1 is 1.06 bits per heavy atom. The van der Waals surface area contributed by atoms with Gasteiger partial charge in [0.15, 0.2) is 5.69 Å². The lowest BCUT2D eigenvalue weighted by atomic mass is 10.1. The maximum absolute atomic E-state index is 13.3. The Hall–Kier alpha value is -3.73. The number of alkyl halides is 3. The fourth-order valence-corrected chi connectivity index (χ4v) is 3.68. The van der Waals surface area contributed by atoms with Gasteiger partial charge in [0.2, 0.25) is 5.13 Å². The molecule has 7 nitrogen and oxygen atoms in total. The largest absolute Gasteiger partial charge is 0.497 e. The monoisotopic (exact) mass is 446 g/mol. The first-order chi connectivity index (χ1) is 14.8. The number of hydrogen-bond acceptors (Lipinski definition) is 6. The average Bonchev–Trinajstić information content (AvgIpc) is 3.41. The molecular formula is C20H13F3N4O3S. The second-order valence-electron chi connectivity index (χ2n) is 6.37. The SMILES string of the molecule is COc1ccc(-c2cc(C(F)(F)F)nn2-c2nc(-c3ccc([N+](=O)[O-])cc3)cs2)cc1. The summed E-state index contributed by atoms with van der Waals surface area (Å²) in [6, 6.07) is 13.3. The van der Waals surface area contributed by atoms with E-state index in [-0.39, 0.29) is 16.5 Å². The average molecular weight is 446 g/mol. The number of nitrogens with zero attached hydrogens (tertiary/aromatic N) is 4. The quantitative estimate of drug-likeness (QED) is 0.294. The van der Waals surface area contributed by atoms with E-state index in [0.717, 1.165) is 22.1 Å². The van der Waals surface area contributed by atoms with Crippen LogP contribution in [0.25, 0.3) is 27.6 Å². The minimum atomic E-state index is -4.62. The summed E-state index contributed by atoms with van der Waals surface area (Å²) in [6.45, 7) is 0. The summed E-state index contributed by atoms with van der Waals surface area (Å²) < 4.78 is 46.3. The fraction of sp³-hybridized carbons (Fsp3) is 0.100. The fourth-order valence-electron chi connectivity index (χ4n) is 2.88. The van der Waals surface area contributed by atoms with Crippen LogP contribution in [0.15, 0.2) is 60.0 Å². The molecule has 4 rings (SSSR count). The van der Waals surface area contributed by atoms with E-state index in [9.17, 15) is 23.3 Å². The lowest BCUT2D eigenvalue weighted by molar-refractivity contribution is -0.384. The van der Waals surface area contributed by atoms with E-state index in [4.69, 9.17) is 4.74 Å². The number of benzene rings is 2. The van der Waals surface area contributed by atoms with Gasteiger partial charge in [-0.1, -0.05) is 0 Å². The summed E-state index contributed by atoms with van der Waals surface area (Å²) >= 11 is 1.11. The van der Waals surface area contributed by atoms with Gasteiger partial charge >= 0.3 is 6.18 Å². The van der Waals surface area contributed by atoms with Crippen LogP contribution in [0.1, 0.15) is 5.69 Å². The van der Waals surface area contributed by atoms with Crippen molar-refractivity contribution in [2.75, 3.05) is 7.11 Å². The molecule has 0 unspecified atom stereocenters. The molecule has 0 amide bonds. The molecule has 2 aromatic heterocycles. The van der Waals surface area contributed by atoms with Crippen molar-refractivity contribution < 1.29 is 22.8 Å². The van der Waals surface area contributed by atoms with Gasteiger partial charge in [-0.25, -0.2) is 9.67 Å². The molecule has 0 aliphatic heterocycles. The summed E-state index contributed by atoms with van der Waals surface area (Å²) in [4.78, 5) is 14.7. The molecule has 0 saturated heterocycles. The Bertz CT molecular complexity index is 1230. The van der Waals surface area contributed by atoms with E-state index in [0.29, 0.717) is 22.6 Å². The van der Waals surface area contributed by atoms with Crippen molar-refractivity contribution in [1.82, 2.24) is 14.8 Å². The smallest absolute Gasteiger partial charge is 0.435 e. The maximum Gasteiger partial charge on any atom is 0.435 e. The van der Waals surface area contributed by atoms with Crippen LogP contribution in [0.4, 0.5) is 18.9 Å². The van der Waals surface area contributed by atoms with Crippen LogP contribution in [0.3, 0.4) is 0 Å². The number of nitro benzene ring substituents is 1. The molecule has 0 spiro atoms. The van der Waals surface area contributed by atoms with Crippen LogP contribution in [0.5, 0.6) is 5.75 Å². The first-order valence-electron chi connectivity index (χ1n) is 8.78. The molecule has 158 valence electrons. The number of hydrogen-bond donors (Lipinski definition) is 0. The lowest BCUT2D eigenvalue weighted by Gasteiger charge is -2.05. The topological polar surface area (TPSA) is 83.1 Å². The molecule has 2 aromatic carbocycles. The zero-order chi connectivity index (χ0) is 22.2. The molecule has 0 radical (unpaired) electrons. The second-order valence-corrected chi connectivity index (χ2v) is 7.21. The Kier molecular flexibility index (Phi) is 5.19. The summed E-state index contributed by atoms with van der Waals surface area (Å²) in [7, 11) is 1.50. The number of thiazole rings is 1. The number of ether oxygens (including phenoxy) is 1. The molecular weight excluding hydrogens is 433 g/mol. The van der Waals surface area contributed by atoms with Gasteiger partial charge in [-0.05, 0) is 42.5 Å². The highest BCUT2D eigenvalue weighted by Gasteiger charge is 2.35. The standard InChI is InChI=1S/C20H13F3N4O3S/c1-30-15-8-4-13(5-9-15)17-10-18(20(21,22)23)25-26(17)19-24-16(11-31-19)12-2-6-14(7-3-12)27(28)29/h2-11H,1H3. The predicted octanol–water partition coefficient (Wildman–Crippen LogP) is 5.60. The normalized spacial score (nSPS) is 11.5. The molecule has 11 heteroatoms. The number of halogens is 3. The number of methoxy groups -OCH3 is 1. The van der Waals surface area contributed by atoms with Crippen molar-refractivity contribution in [3.63, 3.8) is 0 Å². The molecule has 4 aromatic rings. The molecule has 0 aliphatic rings. The van der Waals surface area contributed by atoms with Crippen molar-refractivity contribution in [3.05, 3.63) is 75.8 Å². The Labute approximate surface area is 177 Å². The number of rotatable bonds is 5. The third-order valence-corrected chi connectivity index (χ3v) is 5.25. The third kappa shape index (κ3) is 4.12. The molecule has 31 heavy (non-hydrogen) atoms. The second kappa shape index (κ2) is 7.84. The van der Waals surface area contributed by atoms with E-state index in [1.165, 1.54) is 31.4 Å². The number of aromatic nitrogens is 3. The third-order valence-electron chi connectivity index (χ3n) is 4.43. The van der Waals surface area contributed by atoms with Gasteiger partial charge in [-0.2, -0.15) is 18.3 Å². The van der Waals surface area contributed by atoms with E-state index >= 15 is 0 Å². The van der Waals surface area contributed by atoms with Crippen molar-refractivity contribution in [2.24, 2.45) is 0 Å². The summed E-state index contributed by atoms with van der Waals surface area (Å²) in [6.07, 6.45) is -4.62. The Balaban J connectivity index is 1.76. The minimum Gasteiger partial charge on any atom is -0.497 e. The van der Waals surface area contributed by atoms with Crippen molar-refractivity contribution in [2.45, 2.75) is 6.18 Å². The summed E-state index contributed by atoms with van der Waals surface area (Å²) in [5.74, 6) is 0.570. The van der Waals surface area contributed by atoms with Gasteiger partial charge in [-0.15, -0.1) is 11.3 Å². The lowest BCUT2D eigenvalue weighted by Crippen LogP contribution is -2.07. The minimum absolute atomic E-state index is 0.0668. The van der Waals surface area contributed by atoms with Gasteiger partial charge < -0.3 is 4.74 Å². The molecule has 2 heterocycles. The van der Waals surface area contributed by atoms with Crippen molar-refractivity contribution >= 4 is 17.0 Å². The zero-order valence-electron chi connectivity index (χ0n) is 15.8. The van der Waals surface area contributed by atoms with Crippen LogP contribution < -0.4 is 4.74 Å². The van der Waals surface area contributed by atoms with Gasteiger partial charge in [0.1, 0.15) is 5.75 Å². The molecule has 0 N–H and O–H groups in total. The highest BCUT2D eigenvalue weighted by atomic mass is 32.1. The molecule has 0 bridgehead atoms. The number of nitro groups is 1. The first kappa shape index (κ1) is 20.5. The van der Waals surface area contributed by atoms with E-state index < -0.39 is 16.8 Å². The Morgan fingerprint density at radius 2 is 1.71 bits per heavy atom. The van der Waals surface area contributed by atoms with Crippen LogP contribution >= 0.6 is 11.3 Å². The van der Waals surface area contributed by atoms with E-state index in [1.54, 1.807) is 29.6 Å². The molecule has 0 aliphatic carbocycles. The molecule has 0 atom stereocenters. The van der Waals surface area contributed by atoms with Crippen LogP contribution in [0.2, 0.25) is 0 Å². The Morgan fingerprint density at radius 3 is 2.29 bits per heavy atom. The van der Waals surface area contributed by atoms with E-state index in [2.05, 4.69) is 10.1 Å². The number of non-ortho nitro benzene ring substituents is 1.